The molecule has 0 aromatic carbocycles. The largest absolute Gasteiger partial charge is 0.351 e. The third-order valence-electron chi connectivity index (χ3n) is 1.74. The molecule has 0 radical (unpaired) electrons. The van der Waals surface area contributed by atoms with Crippen molar-refractivity contribution in [3.8, 4) is 12.3 Å². The maximum absolute atomic E-state index is 5.13. The zero-order valence-corrected chi connectivity index (χ0v) is 11.4. The van der Waals surface area contributed by atoms with Crippen LogP contribution in [0.15, 0.2) is 29.4 Å². The highest BCUT2D eigenvalue weighted by Crippen LogP contribution is 1.91. The molecule has 0 saturated carbocycles. The average Bonchev–Trinajstić information content (AvgIpc) is 2.31. The van der Waals surface area contributed by atoms with Gasteiger partial charge in [0, 0.05) is 13.2 Å². The molecule has 1 rings (SSSR count). The number of pyridine rings is 1. The van der Waals surface area contributed by atoms with Gasteiger partial charge in [-0.1, -0.05) is 12.0 Å². The molecule has 0 spiro atoms. The summed E-state index contributed by atoms with van der Waals surface area (Å²) >= 11 is 0. The van der Waals surface area contributed by atoms with Crippen molar-refractivity contribution in [3.63, 3.8) is 0 Å². The molecule has 0 bridgehead atoms. The van der Waals surface area contributed by atoms with Crippen LogP contribution >= 0.6 is 24.0 Å². The SMILES string of the molecule is C#CCNC(=NC)NCc1ccccn1.I. The molecule has 0 saturated heterocycles. The van der Waals surface area contributed by atoms with Gasteiger partial charge in [-0.2, -0.15) is 0 Å². The van der Waals surface area contributed by atoms with Crippen molar-refractivity contribution in [3.05, 3.63) is 30.1 Å². The molecule has 0 atom stereocenters. The molecule has 0 aliphatic carbocycles. The predicted octanol–water partition coefficient (Wildman–Crippen LogP) is 0.998. The van der Waals surface area contributed by atoms with Crippen molar-refractivity contribution in [2.45, 2.75) is 6.54 Å². The Morgan fingerprint density at radius 2 is 2.31 bits per heavy atom. The zero-order valence-electron chi connectivity index (χ0n) is 9.10. The number of rotatable bonds is 3. The van der Waals surface area contributed by atoms with Crippen LogP contribution in [-0.4, -0.2) is 24.5 Å². The highest BCUT2D eigenvalue weighted by atomic mass is 127. The van der Waals surface area contributed by atoms with E-state index in [2.05, 4.69) is 26.5 Å². The van der Waals surface area contributed by atoms with Gasteiger partial charge in [0.05, 0.1) is 18.8 Å². The average molecular weight is 330 g/mol. The fourth-order valence-electron chi connectivity index (χ4n) is 1.03. The van der Waals surface area contributed by atoms with Gasteiger partial charge in [-0.05, 0) is 12.1 Å². The molecular formula is C11H15IN4. The first-order valence-electron chi connectivity index (χ1n) is 4.64. The summed E-state index contributed by atoms with van der Waals surface area (Å²) < 4.78 is 0. The van der Waals surface area contributed by atoms with Crippen LogP contribution in [0.25, 0.3) is 0 Å². The Morgan fingerprint density at radius 3 is 2.88 bits per heavy atom. The topological polar surface area (TPSA) is 49.3 Å². The van der Waals surface area contributed by atoms with Crippen molar-refractivity contribution >= 4 is 29.9 Å². The van der Waals surface area contributed by atoms with Crippen LogP contribution in [-0.2, 0) is 6.54 Å². The first-order chi connectivity index (χ1) is 7.36. The Bertz CT molecular complexity index is 356. The smallest absolute Gasteiger partial charge is 0.192 e. The van der Waals surface area contributed by atoms with Crippen molar-refractivity contribution < 1.29 is 0 Å². The molecule has 0 unspecified atom stereocenters. The second kappa shape index (κ2) is 8.97. The van der Waals surface area contributed by atoms with E-state index in [-0.39, 0.29) is 24.0 Å². The monoisotopic (exact) mass is 330 g/mol. The number of halogens is 1. The maximum atomic E-state index is 5.13. The summed E-state index contributed by atoms with van der Waals surface area (Å²) in [6.07, 6.45) is 6.89. The summed E-state index contributed by atoms with van der Waals surface area (Å²) in [5, 5.41) is 6.07. The van der Waals surface area contributed by atoms with Crippen LogP contribution in [0, 0.1) is 12.3 Å². The first-order valence-corrected chi connectivity index (χ1v) is 4.64. The van der Waals surface area contributed by atoms with Gasteiger partial charge in [0.15, 0.2) is 5.96 Å². The van der Waals surface area contributed by atoms with E-state index in [4.69, 9.17) is 6.42 Å². The lowest BCUT2D eigenvalue weighted by molar-refractivity contribution is 0.826. The fourth-order valence-corrected chi connectivity index (χ4v) is 1.03. The third kappa shape index (κ3) is 5.56. The number of aromatic nitrogens is 1. The molecule has 1 heterocycles. The van der Waals surface area contributed by atoms with Gasteiger partial charge in [0.25, 0.3) is 0 Å². The predicted molar refractivity (Wildman–Crippen MR) is 76.7 cm³/mol. The van der Waals surface area contributed by atoms with E-state index in [1.807, 2.05) is 18.2 Å². The normalized spacial score (nSPS) is 9.88. The molecule has 0 aliphatic heterocycles. The van der Waals surface area contributed by atoms with Crippen molar-refractivity contribution in [2.75, 3.05) is 13.6 Å². The molecule has 1 aromatic rings. The molecule has 16 heavy (non-hydrogen) atoms. The van der Waals surface area contributed by atoms with E-state index in [0.717, 1.165) is 5.69 Å². The minimum atomic E-state index is 0. The molecule has 4 nitrogen and oxygen atoms in total. The number of nitrogens with one attached hydrogen (secondary N) is 2. The summed E-state index contributed by atoms with van der Waals surface area (Å²) in [5.74, 6) is 3.16. The maximum Gasteiger partial charge on any atom is 0.192 e. The summed E-state index contributed by atoms with van der Waals surface area (Å²) in [5.41, 5.74) is 0.959. The van der Waals surface area contributed by atoms with Gasteiger partial charge in [-0.25, -0.2) is 0 Å². The van der Waals surface area contributed by atoms with E-state index in [0.29, 0.717) is 19.0 Å². The van der Waals surface area contributed by atoms with Gasteiger partial charge >= 0.3 is 0 Å². The van der Waals surface area contributed by atoms with Crippen LogP contribution in [0.2, 0.25) is 0 Å². The van der Waals surface area contributed by atoms with E-state index < -0.39 is 0 Å². The van der Waals surface area contributed by atoms with Crippen LogP contribution < -0.4 is 10.6 Å². The van der Waals surface area contributed by atoms with E-state index >= 15 is 0 Å². The number of terminal acetylenes is 1. The number of aliphatic imine (C=N–C) groups is 1. The Labute approximate surface area is 113 Å². The van der Waals surface area contributed by atoms with Crippen molar-refractivity contribution in [1.82, 2.24) is 15.6 Å². The zero-order chi connectivity index (χ0) is 10.9. The molecule has 5 heteroatoms. The lowest BCUT2D eigenvalue weighted by Crippen LogP contribution is -2.37. The number of hydrogen-bond donors (Lipinski definition) is 2. The fraction of sp³-hybridized carbons (Fsp3) is 0.273. The number of hydrogen-bond acceptors (Lipinski definition) is 2. The van der Waals surface area contributed by atoms with Crippen LogP contribution in [0.1, 0.15) is 5.69 Å². The highest BCUT2D eigenvalue weighted by Gasteiger charge is 1.96. The Balaban J connectivity index is 0.00000225. The highest BCUT2D eigenvalue weighted by molar-refractivity contribution is 14.0. The molecule has 86 valence electrons. The molecule has 0 amide bonds. The van der Waals surface area contributed by atoms with Gasteiger partial charge < -0.3 is 10.6 Å². The standard InChI is InChI=1S/C11H14N4.HI/c1-3-7-14-11(12-2)15-9-10-6-4-5-8-13-10;/h1,4-6,8H,7,9H2,2H3,(H2,12,14,15);1H. The van der Waals surface area contributed by atoms with E-state index in [1.54, 1.807) is 13.2 Å². The third-order valence-corrected chi connectivity index (χ3v) is 1.74. The molecule has 2 N–H and O–H groups in total. The number of guanidine groups is 1. The lowest BCUT2D eigenvalue weighted by Gasteiger charge is -2.08. The van der Waals surface area contributed by atoms with E-state index in [9.17, 15) is 0 Å². The molecular weight excluding hydrogens is 315 g/mol. The minimum absolute atomic E-state index is 0. The van der Waals surface area contributed by atoms with E-state index in [1.165, 1.54) is 0 Å². The van der Waals surface area contributed by atoms with Crippen molar-refractivity contribution in [2.24, 2.45) is 4.99 Å². The Hall–Kier alpha value is -1.29. The van der Waals surface area contributed by atoms with Crippen LogP contribution in [0.3, 0.4) is 0 Å². The molecule has 0 fully saturated rings. The second-order valence-electron chi connectivity index (χ2n) is 2.80. The summed E-state index contributed by atoms with van der Waals surface area (Å²) in [7, 11) is 1.70. The second-order valence-corrected chi connectivity index (χ2v) is 2.80. The van der Waals surface area contributed by atoms with Gasteiger partial charge in [-0.15, -0.1) is 30.4 Å². The minimum Gasteiger partial charge on any atom is -0.351 e. The van der Waals surface area contributed by atoms with Gasteiger partial charge in [-0.3, -0.25) is 9.98 Å². The van der Waals surface area contributed by atoms with Gasteiger partial charge in [0.2, 0.25) is 0 Å². The summed E-state index contributed by atoms with van der Waals surface area (Å²) in [6, 6.07) is 5.78. The quantitative estimate of drug-likeness (QED) is 0.376. The summed E-state index contributed by atoms with van der Waals surface area (Å²) in [6.45, 7) is 1.09. The first kappa shape index (κ1) is 14.7. The van der Waals surface area contributed by atoms with Crippen molar-refractivity contribution in [1.29, 1.82) is 0 Å². The Kier molecular flexibility index (Phi) is 8.25. The molecule has 0 aliphatic rings. The Morgan fingerprint density at radius 1 is 1.50 bits per heavy atom. The van der Waals surface area contributed by atoms with Crippen LogP contribution in [0.4, 0.5) is 0 Å². The lowest BCUT2D eigenvalue weighted by atomic mass is 10.3. The number of nitrogens with zero attached hydrogens (tertiary/aromatic N) is 2. The molecule has 1 aromatic heterocycles. The van der Waals surface area contributed by atoms with Crippen LogP contribution in [0.5, 0.6) is 0 Å². The van der Waals surface area contributed by atoms with Gasteiger partial charge in [0.1, 0.15) is 0 Å². The summed E-state index contributed by atoms with van der Waals surface area (Å²) in [4.78, 5) is 8.19.